The van der Waals surface area contributed by atoms with Crippen LogP contribution in [0.2, 0.25) is 0 Å². The molecule has 3 heteroatoms. The van der Waals surface area contributed by atoms with Crippen LogP contribution in [0.4, 0.5) is 0 Å². The van der Waals surface area contributed by atoms with Crippen LogP contribution in [-0.2, 0) is 6.42 Å². The van der Waals surface area contributed by atoms with Gasteiger partial charge in [-0.15, -0.1) is 0 Å². The number of nitrogens with one attached hydrogen (secondary N) is 1. The van der Waals surface area contributed by atoms with Crippen molar-refractivity contribution in [1.29, 1.82) is 0 Å². The van der Waals surface area contributed by atoms with Crippen molar-refractivity contribution in [2.75, 3.05) is 13.6 Å². The molecule has 0 aliphatic carbocycles. The lowest BCUT2D eigenvalue weighted by atomic mass is 10.1. The van der Waals surface area contributed by atoms with Gasteiger partial charge >= 0.3 is 0 Å². The Balaban J connectivity index is 2.25. The highest BCUT2D eigenvalue weighted by Gasteiger charge is 2.08. The van der Waals surface area contributed by atoms with Gasteiger partial charge in [-0.05, 0) is 12.6 Å². The summed E-state index contributed by atoms with van der Waals surface area (Å²) in [5.41, 5.74) is 3.26. The fourth-order valence-electron chi connectivity index (χ4n) is 1.54. The Morgan fingerprint density at radius 2 is 2.07 bits per heavy atom. The highest BCUT2D eigenvalue weighted by molar-refractivity contribution is 5.64. The van der Waals surface area contributed by atoms with E-state index in [2.05, 4.69) is 22.6 Å². The summed E-state index contributed by atoms with van der Waals surface area (Å²) in [6.07, 6.45) is 2.59. The zero-order valence-electron chi connectivity index (χ0n) is 8.73. The maximum absolute atomic E-state index is 5.02. The van der Waals surface area contributed by atoms with Crippen LogP contribution in [0.1, 0.15) is 5.69 Å². The van der Waals surface area contributed by atoms with Crippen molar-refractivity contribution >= 4 is 0 Å². The van der Waals surface area contributed by atoms with E-state index in [1.807, 2.05) is 25.2 Å². The average molecular weight is 202 g/mol. The van der Waals surface area contributed by atoms with Gasteiger partial charge in [0, 0.05) is 18.5 Å². The van der Waals surface area contributed by atoms with Gasteiger partial charge in [-0.2, -0.15) is 0 Å². The van der Waals surface area contributed by atoms with Gasteiger partial charge in [-0.3, -0.25) is 0 Å². The van der Waals surface area contributed by atoms with Crippen molar-refractivity contribution in [3.05, 3.63) is 42.3 Å². The molecule has 78 valence electrons. The van der Waals surface area contributed by atoms with Crippen LogP contribution in [0.3, 0.4) is 0 Å². The minimum Gasteiger partial charge on any atom is -0.364 e. The van der Waals surface area contributed by atoms with Crippen LogP contribution in [-0.4, -0.2) is 18.7 Å². The van der Waals surface area contributed by atoms with E-state index in [1.54, 1.807) is 6.26 Å². The van der Waals surface area contributed by atoms with Gasteiger partial charge in [0.25, 0.3) is 0 Å². The van der Waals surface area contributed by atoms with E-state index in [0.29, 0.717) is 0 Å². The van der Waals surface area contributed by atoms with Crippen molar-refractivity contribution in [2.45, 2.75) is 6.42 Å². The Morgan fingerprint density at radius 3 is 2.80 bits per heavy atom. The highest BCUT2D eigenvalue weighted by atomic mass is 16.5. The molecule has 0 saturated heterocycles. The second-order valence-corrected chi connectivity index (χ2v) is 3.39. The molecule has 1 heterocycles. The van der Waals surface area contributed by atoms with Gasteiger partial charge in [0.15, 0.2) is 0 Å². The summed E-state index contributed by atoms with van der Waals surface area (Å²) in [5, 5.41) is 7.12. The quantitative estimate of drug-likeness (QED) is 0.825. The van der Waals surface area contributed by atoms with Crippen LogP contribution in [0.5, 0.6) is 0 Å². The summed E-state index contributed by atoms with van der Waals surface area (Å²) in [7, 11) is 1.93. The first-order chi connectivity index (χ1) is 7.42. The van der Waals surface area contributed by atoms with Gasteiger partial charge in [-0.25, -0.2) is 0 Å². The van der Waals surface area contributed by atoms with E-state index in [0.717, 1.165) is 29.8 Å². The Kier molecular flexibility index (Phi) is 3.15. The summed E-state index contributed by atoms with van der Waals surface area (Å²) < 4.78 is 5.02. The zero-order valence-corrected chi connectivity index (χ0v) is 8.73. The molecule has 2 rings (SSSR count). The first-order valence-electron chi connectivity index (χ1n) is 5.05. The van der Waals surface area contributed by atoms with Crippen LogP contribution in [0.15, 0.2) is 41.1 Å². The number of rotatable bonds is 4. The lowest BCUT2D eigenvalue weighted by Crippen LogP contribution is -2.10. The van der Waals surface area contributed by atoms with Crippen LogP contribution in [0.25, 0.3) is 11.1 Å². The maximum Gasteiger partial charge on any atom is 0.131 e. The Bertz CT molecular complexity index is 409. The Hall–Kier alpha value is -1.61. The fraction of sp³-hybridized carbons (Fsp3) is 0.250. The van der Waals surface area contributed by atoms with Crippen LogP contribution < -0.4 is 5.32 Å². The first-order valence-corrected chi connectivity index (χ1v) is 5.05. The van der Waals surface area contributed by atoms with Crippen molar-refractivity contribution in [3.8, 4) is 11.1 Å². The summed E-state index contributed by atoms with van der Waals surface area (Å²) >= 11 is 0. The molecule has 3 nitrogen and oxygen atoms in total. The largest absolute Gasteiger partial charge is 0.364 e. The number of hydrogen-bond acceptors (Lipinski definition) is 3. The standard InChI is InChI=1S/C12H14N2O/c1-13-8-7-12-11(9-15-14-12)10-5-3-2-4-6-10/h2-6,9,13H,7-8H2,1H3. The summed E-state index contributed by atoms with van der Waals surface area (Å²) in [4.78, 5) is 0. The first kappa shape index (κ1) is 9.93. The monoisotopic (exact) mass is 202 g/mol. The third kappa shape index (κ3) is 2.25. The molecule has 0 aliphatic heterocycles. The molecular weight excluding hydrogens is 188 g/mol. The van der Waals surface area contributed by atoms with E-state index in [1.165, 1.54) is 0 Å². The molecule has 0 fully saturated rings. The zero-order chi connectivity index (χ0) is 10.5. The number of likely N-dealkylation sites (N-methyl/N-ethyl adjacent to an activating group) is 1. The topological polar surface area (TPSA) is 38.1 Å². The molecule has 0 amide bonds. The predicted molar refractivity (Wildman–Crippen MR) is 59.6 cm³/mol. The molecule has 0 aliphatic rings. The lowest BCUT2D eigenvalue weighted by molar-refractivity contribution is 0.411. The fourth-order valence-corrected chi connectivity index (χ4v) is 1.54. The Labute approximate surface area is 89.1 Å². The maximum atomic E-state index is 5.02. The van der Waals surface area contributed by atoms with Gasteiger partial charge in [0.2, 0.25) is 0 Å². The molecule has 15 heavy (non-hydrogen) atoms. The highest BCUT2D eigenvalue weighted by Crippen LogP contribution is 2.22. The van der Waals surface area contributed by atoms with Crippen molar-refractivity contribution in [2.24, 2.45) is 0 Å². The second kappa shape index (κ2) is 4.75. The second-order valence-electron chi connectivity index (χ2n) is 3.39. The SMILES string of the molecule is CNCCc1nocc1-c1ccccc1. The number of hydrogen-bond donors (Lipinski definition) is 1. The number of nitrogens with zero attached hydrogens (tertiary/aromatic N) is 1. The molecule has 1 aromatic carbocycles. The van der Waals surface area contributed by atoms with Crippen molar-refractivity contribution in [3.63, 3.8) is 0 Å². The molecule has 0 spiro atoms. The van der Waals surface area contributed by atoms with Crippen LogP contribution >= 0.6 is 0 Å². The molecule has 0 bridgehead atoms. The molecule has 0 unspecified atom stereocenters. The van der Waals surface area contributed by atoms with Gasteiger partial charge in [-0.1, -0.05) is 35.5 Å². The normalized spacial score (nSPS) is 10.5. The van der Waals surface area contributed by atoms with Crippen molar-refractivity contribution in [1.82, 2.24) is 10.5 Å². The van der Waals surface area contributed by atoms with Gasteiger partial charge in [0.1, 0.15) is 6.26 Å². The summed E-state index contributed by atoms with van der Waals surface area (Å²) in [5.74, 6) is 0. The van der Waals surface area contributed by atoms with Gasteiger partial charge < -0.3 is 9.84 Å². The molecular formula is C12H14N2O. The van der Waals surface area contributed by atoms with E-state index in [9.17, 15) is 0 Å². The van der Waals surface area contributed by atoms with E-state index in [4.69, 9.17) is 4.52 Å². The Morgan fingerprint density at radius 1 is 1.27 bits per heavy atom. The molecule has 0 atom stereocenters. The predicted octanol–water partition coefficient (Wildman–Crippen LogP) is 2.10. The molecule has 1 aromatic heterocycles. The lowest BCUT2D eigenvalue weighted by Gasteiger charge is -2.00. The average Bonchev–Trinajstić information content (AvgIpc) is 2.75. The smallest absolute Gasteiger partial charge is 0.131 e. The van der Waals surface area contributed by atoms with Crippen molar-refractivity contribution < 1.29 is 4.52 Å². The van der Waals surface area contributed by atoms with E-state index >= 15 is 0 Å². The summed E-state index contributed by atoms with van der Waals surface area (Å²) in [6.45, 7) is 0.909. The number of aromatic nitrogens is 1. The summed E-state index contributed by atoms with van der Waals surface area (Å²) in [6, 6.07) is 10.2. The molecule has 0 saturated carbocycles. The van der Waals surface area contributed by atoms with E-state index in [-0.39, 0.29) is 0 Å². The van der Waals surface area contributed by atoms with Crippen LogP contribution in [0, 0.1) is 0 Å². The number of benzene rings is 1. The van der Waals surface area contributed by atoms with Gasteiger partial charge in [0.05, 0.1) is 5.69 Å². The molecule has 1 N–H and O–H groups in total. The third-order valence-electron chi connectivity index (χ3n) is 2.34. The molecule has 2 aromatic rings. The minimum atomic E-state index is 0.886. The third-order valence-corrected chi connectivity index (χ3v) is 2.34. The minimum absolute atomic E-state index is 0.886. The van der Waals surface area contributed by atoms with E-state index < -0.39 is 0 Å². The molecule has 0 radical (unpaired) electrons.